The highest BCUT2D eigenvalue weighted by Gasteiger charge is 2.42. The van der Waals surface area contributed by atoms with Gasteiger partial charge in [0.15, 0.2) is 5.75 Å². The summed E-state index contributed by atoms with van der Waals surface area (Å²) in [7, 11) is 0. The molecule has 2 aliphatic carbocycles. The van der Waals surface area contributed by atoms with Crippen molar-refractivity contribution >= 4 is 29.2 Å². The van der Waals surface area contributed by atoms with E-state index in [0.29, 0.717) is 22.4 Å². The molecule has 0 saturated heterocycles. The van der Waals surface area contributed by atoms with Crippen LogP contribution in [-0.4, -0.2) is 31.0 Å². The number of nitrogens with zero attached hydrogens (tertiary/aromatic N) is 1. The number of carbonyl (C=O) groups is 2. The second kappa shape index (κ2) is 6.52. The van der Waals surface area contributed by atoms with Crippen LogP contribution in [-0.2, 0) is 9.59 Å². The smallest absolute Gasteiger partial charge is 0.331 e. The van der Waals surface area contributed by atoms with E-state index < -0.39 is 0 Å². The minimum Gasteiger partial charge on any atom is -0.423 e. The van der Waals surface area contributed by atoms with Crippen molar-refractivity contribution in [3.63, 3.8) is 0 Å². The summed E-state index contributed by atoms with van der Waals surface area (Å²) in [6.07, 6.45) is 5.23. The predicted molar refractivity (Wildman–Crippen MR) is 95.8 cm³/mol. The molecule has 2 saturated carbocycles. The summed E-state index contributed by atoms with van der Waals surface area (Å²) in [6, 6.07) is 5.25. The summed E-state index contributed by atoms with van der Waals surface area (Å²) in [5, 5.41) is 3.70. The van der Waals surface area contributed by atoms with E-state index in [1.807, 2.05) is 0 Å². The molecule has 1 aromatic carbocycles. The van der Waals surface area contributed by atoms with Gasteiger partial charge in [0.2, 0.25) is 5.91 Å². The van der Waals surface area contributed by atoms with Gasteiger partial charge in [0.25, 0.3) is 0 Å². The molecule has 0 spiro atoms. The van der Waals surface area contributed by atoms with Gasteiger partial charge in [-0.25, -0.2) is 4.79 Å². The SMILES string of the molecule is CC(NC(=O)CN1CC(=O)Oc2ccc(Cl)cc21)C1CC2CCC1C2. The molecule has 1 N–H and O–H groups in total. The van der Waals surface area contributed by atoms with Crippen molar-refractivity contribution in [3.8, 4) is 5.75 Å². The fourth-order valence-electron chi connectivity index (χ4n) is 4.85. The van der Waals surface area contributed by atoms with Crippen LogP contribution in [0.3, 0.4) is 0 Å². The van der Waals surface area contributed by atoms with Crippen molar-refractivity contribution in [2.75, 3.05) is 18.0 Å². The quantitative estimate of drug-likeness (QED) is 0.660. The van der Waals surface area contributed by atoms with E-state index >= 15 is 0 Å². The fraction of sp³-hybridized carbons (Fsp3) is 0.579. The largest absolute Gasteiger partial charge is 0.423 e. The van der Waals surface area contributed by atoms with Crippen molar-refractivity contribution < 1.29 is 14.3 Å². The minimum absolute atomic E-state index is 0.0588. The van der Waals surface area contributed by atoms with E-state index in [1.165, 1.54) is 25.7 Å². The molecule has 1 amide bonds. The van der Waals surface area contributed by atoms with Crippen molar-refractivity contribution in [1.82, 2.24) is 5.32 Å². The molecule has 2 bridgehead atoms. The third-order valence-electron chi connectivity index (χ3n) is 5.96. The Bertz CT molecular complexity index is 708. The summed E-state index contributed by atoms with van der Waals surface area (Å²) in [4.78, 5) is 26.1. The van der Waals surface area contributed by atoms with Gasteiger partial charge < -0.3 is 15.0 Å². The van der Waals surface area contributed by atoms with Crippen molar-refractivity contribution in [2.24, 2.45) is 17.8 Å². The first kappa shape index (κ1) is 16.7. The molecule has 1 aromatic rings. The van der Waals surface area contributed by atoms with Crippen molar-refractivity contribution in [2.45, 2.75) is 38.6 Å². The van der Waals surface area contributed by atoms with Gasteiger partial charge in [-0.2, -0.15) is 0 Å². The Balaban J connectivity index is 1.41. The van der Waals surface area contributed by atoms with E-state index in [-0.39, 0.29) is 31.0 Å². The lowest BCUT2D eigenvalue weighted by atomic mass is 9.84. The third kappa shape index (κ3) is 3.34. The summed E-state index contributed by atoms with van der Waals surface area (Å²) in [5.41, 5.74) is 0.690. The average Bonchev–Trinajstić information content (AvgIpc) is 3.18. The molecule has 4 unspecified atom stereocenters. The van der Waals surface area contributed by atoms with Gasteiger partial charge in [0.05, 0.1) is 12.2 Å². The first-order chi connectivity index (χ1) is 12.0. The topological polar surface area (TPSA) is 58.6 Å². The Morgan fingerprint density at radius 1 is 1.40 bits per heavy atom. The van der Waals surface area contributed by atoms with Crippen LogP contribution >= 0.6 is 11.6 Å². The van der Waals surface area contributed by atoms with Crippen LogP contribution in [0.1, 0.15) is 32.6 Å². The Morgan fingerprint density at radius 2 is 2.24 bits per heavy atom. The van der Waals surface area contributed by atoms with Crippen molar-refractivity contribution in [3.05, 3.63) is 23.2 Å². The maximum atomic E-state index is 12.5. The monoisotopic (exact) mass is 362 g/mol. The molecule has 0 radical (unpaired) electrons. The second-order valence-electron chi connectivity index (χ2n) is 7.64. The number of esters is 1. The molecule has 3 aliphatic rings. The van der Waals surface area contributed by atoms with Crippen LogP contribution in [0.4, 0.5) is 5.69 Å². The molecular formula is C19H23ClN2O3. The average molecular weight is 363 g/mol. The number of ether oxygens (including phenoxy) is 1. The normalized spacial score (nSPS) is 28.5. The molecule has 2 fully saturated rings. The summed E-state index contributed by atoms with van der Waals surface area (Å²) in [6.45, 7) is 2.30. The fourth-order valence-corrected chi connectivity index (χ4v) is 5.01. The molecule has 6 heteroatoms. The summed E-state index contributed by atoms with van der Waals surface area (Å²) < 4.78 is 5.22. The number of rotatable bonds is 4. The van der Waals surface area contributed by atoms with Crippen LogP contribution in [0.5, 0.6) is 5.75 Å². The van der Waals surface area contributed by atoms with Crippen LogP contribution in [0.2, 0.25) is 5.02 Å². The van der Waals surface area contributed by atoms with E-state index in [2.05, 4.69) is 12.2 Å². The predicted octanol–water partition coefficient (Wildman–Crippen LogP) is 3.01. The van der Waals surface area contributed by atoms with Crippen LogP contribution in [0.15, 0.2) is 18.2 Å². The number of nitrogens with one attached hydrogen (secondary N) is 1. The molecule has 0 aromatic heterocycles. The number of carbonyl (C=O) groups excluding carboxylic acids is 2. The maximum absolute atomic E-state index is 12.5. The van der Waals surface area contributed by atoms with Gasteiger partial charge in [-0.15, -0.1) is 0 Å². The van der Waals surface area contributed by atoms with E-state index in [1.54, 1.807) is 23.1 Å². The van der Waals surface area contributed by atoms with Crippen LogP contribution in [0, 0.1) is 17.8 Å². The Morgan fingerprint density at radius 3 is 2.96 bits per heavy atom. The van der Waals surface area contributed by atoms with Gasteiger partial charge in [-0.05, 0) is 62.1 Å². The molecule has 1 heterocycles. The van der Waals surface area contributed by atoms with E-state index in [9.17, 15) is 9.59 Å². The standard InChI is InChI=1S/C19H23ClN2O3/c1-11(15-7-12-2-3-13(15)6-12)21-18(23)9-22-10-19(24)25-17-5-4-14(20)8-16(17)22/h4-5,8,11-13,15H,2-3,6-7,9-10H2,1H3,(H,21,23). The van der Waals surface area contributed by atoms with Gasteiger partial charge in [-0.3, -0.25) is 4.79 Å². The zero-order valence-corrected chi connectivity index (χ0v) is 15.1. The van der Waals surface area contributed by atoms with Crippen LogP contribution < -0.4 is 15.0 Å². The van der Waals surface area contributed by atoms with Gasteiger partial charge >= 0.3 is 5.97 Å². The molecular weight excluding hydrogens is 340 g/mol. The van der Waals surface area contributed by atoms with Gasteiger partial charge in [-0.1, -0.05) is 18.0 Å². The molecule has 4 atom stereocenters. The third-order valence-corrected chi connectivity index (χ3v) is 6.20. The zero-order valence-electron chi connectivity index (χ0n) is 14.3. The van der Waals surface area contributed by atoms with Crippen molar-refractivity contribution in [1.29, 1.82) is 0 Å². The highest BCUT2D eigenvalue weighted by atomic mass is 35.5. The molecule has 134 valence electrons. The number of hydrogen-bond acceptors (Lipinski definition) is 4. The molecule has 25 heavy (non-hydrogen) atoms. The Kier molecular flexibility index (Phi) is 4.36. The molecule has 1 aliphatic heterocycles. The number of benzene rings is 1. The number of halogens is 1. The lowest BCUT2D eigenvalue weighted by molar-refractivity contribution is -0.133. The highest BCUT2D eigenvalue weighted by molar-refractivity contribution is 6.31. The lowest BCUT2D eigenvalue weighted by Gasteiger charge is -2.32. The Hall–Kier alpha value is -1.75. The first-order valence-corrected chi connectivity index (χ1v) is 9.42. The molecule has 5 nitrogen and oxygen atoms in total. The number of fused-ring (bicyclic) bond motifs is 3. The number of amides is 1. The van der Waals surface area contributed by atoms with E-state index in [0.717, 1.165) is 11.8 Å². The Labute approximate surface area is 152 Å². The zero-order chi connectivity index (χ0) is 17.6. The maximum Gasteiger partial charge on any atom is 0.331 e. The number of hydrogen-bond donors (Lipinski definition) is 1. The number of anilines is 1. The lowest BCUT2D eigenvalue weighted by Crippen LogP contribution is -2.47. The van der Waals surface area contributed by atoms with Crippen LogP contribution in [0.25, 0.3) is 0 Å². The highest BCUT2D eigenvalue weighted by Crippen LogP contribution is 2.49. The van der Waals surface area contributed by atoms with Gasteiger partial charge in [0.1, 0.15) is 6.54 Å². The second-order valence-corrected chi connectivity index (χ2v) is 8.07. The summed E-state index contributed by atoms with van der Waals surface area (Å²) >= 11 is 6.05. The molecule has 4 rings (SSSR count). The van der Waals surface area contributed by atoms with E-state index in [4.69, 9.17) is 16.3 Å². The van der Waals surface area contributed by atoms with Gasteiger partial charge in [0, 0.05) is 11.1 Å². The summed E-state index contributed by atoms with van der Waals surface area (Å²) in [5.74, 6) is 2.26. The minimum atomic E-state index is -0.358. The first-order valence-electron chi connectivity index (χ1n) is 9.04.